The normalized spacial score (nSPS) is 18.5. The average molecular weight is 470 g/mol. The highest BCUT2D eigenvalue weighted by Crippen LogP contribution is 2.31. The van der Waals surface area contributed by atoms with Gasteiger partial charge in [0.1, 0.15) is 18.9 Å². The highest BCUT2D eigenvalue weighted by Gasteiger charge is 2.35. The molecule has 1 atom stereocenters. The van der Waals surface area contributed by atoms with Gasteiger partial charge in [0.25, 0.3) is 5.91 Å². The molecule has 1 fully saturated rings. The molecule has 2 aliphatic rings. The zero-order valence-corrected chi connectivity index (χ0v) is 18.3. The second-order valence-corrected chi connectivity index (χ2v) is 8.36. The van der Waals surface area contributed by atoms with Crippen LogP contribution in [-0.4, -0.2) is 70.3 Å². The van der Waals surface area contributed by atoms with Crippen molar-refractivity contribution < 1.29 is 18.7 Å². The molecule has 0 spiro atoms. The van der Waals surface area contributed by atoms with Gasteiger partial charge in [0, 0.05) is 48.3 Å². The summed E-state index contributed by atoms with van der Waals surface area (Å²) in [6.45, 7) is 1.55. The Morgan fingerprint density at radius 3 is 2.85 bits per heavy atom. The number of nitrogens with zero attached hydrogens (tertiary/aromatic N) is 4. The third-order valence-corrected chi connectivity index (χ3v) is 6.14. The van der Waals surface area contributed by atoms with Gasteiger partial charge in [-0.2, -0.15) is 0 Å². The van der Waals surface area contributed by atoms with Gasteiger partial charge in [0.15, 0.2) is 0 Å². The molecule has 2 aromatic carbocycles. The molecule has 2 aliphatic heterocycles. The number of halogens is 2. The van der Waals surface area contributed by atoms with Crippen LogP contribution in [0.2, 0.25) is 5.02 Å². The lowest BCUT2D eigenvalue weighted by molar-refractivity contribution is 0.0232. The fourth-order valence-corrected chi connectivity index (χ4v) is 4.38. The van der Waals surface area contributed by atoms with Crippen LogP contribution in [0.15, 0.2) is 55.1 Å². The van der Waals surface area contributed by atoms with E-state index in [0.29, 0.717) is 47.0 Å². The van der Waals surface area contributed by atoms with Crippen LogP contribution in [0, 0.1) is 5.82 Å². The summed E-state index contributed by atoms with van der Waals surface area (Å²) in [5, 5.41) is 3.43. The minimum Gasteiger partial charge on any atom is -0.362 e. The minimum absolute atomic E-state index is 0.195. The van der Waals surface area contributed by atoms with Crippen molar-refractivity contribution in [1.82, 2.24) is 19.4 Å². The van der Waals surface area contributed by atoms with E-state index in [1.54, 1.807) is 52.5 Å². The Morgan fingerprint density at radius 2 is 2.06 bits per heavy atom. The summed E-state index contributed by atoms with van der Waals surface area (Å²) in [6, 6.07) is 9.13. The molecule has 0 radical (unpaired) electrons. The summed E-state index contributed by atoms with van der Waals surface area (Å²) >= 11 is 5.89. The van der Waals surface area contributed by atoms with E-state index in [-0.39, 0.29) is 31.3 Å². The van der Waals surface area contributed by atoms with Crippen molar-refractivity contribution >= 4 is 29.2 Å². The third kappa shape index (κ3) is 4.17. The number of nitrogens with one attached hydrogen (secondary N) is 1. The molecule has 10 heteroatoms. The first-order chi connectivity index (χ1) is 16.0. The van der Waals surface area contributed by atoms with Crippen LogP contribution in [0.1, 0.15) is 10.4 Å². The summed E-state index contributed by atoms with van der Waals surface area (Å²) in [6.07, 6.45) is 4.60. The monoisotopic (exact) mass is 469 g/mol. The maximum Gasteiger partial charge on any atom is 0.329 e. The zero-order chi connectivity index (χ0) is 22.9. The largest absolute Gasteiger partial charge is 0.362 e. The molecule has 8 nitrogen and oxygen atoms in total. The average Bonchev–Trinajstić information content (AvgIpc) is 3.37. The van der Waals surface area contributed by atoms with Crippen molar-refractivity contribution in [3.63, 3.8) is 0 Å². The van der Waals surface area contributed by atoms with Crippen molar-refractivity contribution in [3.8, 4) is 11.1 Å². The van der Waals surface area contributed by atoms with Crippen LogP contribution in [0.5, 0.6) is 0 Å². The Bertz CT molecular complexity index is 1200. The van der Waals surface area contributed by atoms with Gasteiger partial charge in [-0.05, 0) is 35.9 Å². The molecule has 1 N–H and O–H groups in total. The van der Waals surface area contributed by atoms with Crippen molar-refractivity contribution in [2.24, 2.45) is 0 Å². The standard InChI is InChI=1S/C23H21ClFN5O3/c24-16-2-3-18(20(25)10-16)15-1-4-21-19(9-15)22(31)30-8-7-28(11-17(30)12-33-14-27-21)23(32)29-6-5-26-13-29/h1-6,9-10,13,17,27H,7-8,11-12,14H2. The third-order valence-electron chi connectivity index (χ3n) is 5.91. The highest BCUT2D eigenvalue weighted by molar-refractivity contribution is 6.30. The summed E-state index contributed by atoms with van der Waals surface area (Å²) in [7, 11) is 0. The Labute approximate surface area is 194 Å². The lowest BCUT2D eigenvalue weighted by Gasteiger charge is -2.41. The second kappa shape index (κ2) is 8.84. The fourth-order valence-electron chi connectivity index (χ4n) is 4.22. The number of anilines is 1. The number of benzene rings is 2. The van der Waals surface area contributed by atoms with Crippen LogP contribution in [0.3, 0.4) is 0 Å². The number of carbonyl (C=O) groups excluding carboxylic acids is 2. The van der Waals surface area contributed by atoms with Crippen molar-refractivity contribution in [2.75, 3.05) is 38.3 Å². The lowest BCUT2D eigenvalue weighted by Crippen LogP contribution is -2.58. The number of hydrogen-bond acceptors (Lipinski definition) is 5. The van der Waals surface area contributed by atoms with Crippen molar-refractivity contribution in [2.45, 2.75) is 6.04 Å². The zero-order valence-electron chi connectivity index (χ0n) is 17.6. The summed E-state index contributed by atoms with van der Waals surface area (Å²) in [5.74, 6) is -0.655. The van der Waals surface area contributed by atoms with E-state index in [4.69, 9.17) is 16.3 Å². The number of hydrogen-bond donors (Lipinski definition) is 1. The molecule has 3 aromatic rings. The van der Waals surface area contributed by atoms with E-state index < -0.39 is 5.82 Å². The molecule has 170 valence electrons. The predicted octanol–water partition coefficient (Wildman–Crippen LogP) is 3.54. The topological polar surface area (TPSA) is 79.7 Å². The van der Waals surface area contributed by atoms with E-state index in [2.05, 4.69) is 10.3 Å². The quantitative estimate of drug-likeness (QED) is 0.589. The molecule has 1 saturated heterocycles. The van der Waals surface area contributed by atoms with Gasteiger partial charge >= 0.3 is 6.03 Å². The molecule has 5 rings (SSSR count). The van der Waals surface area contributed by atoms with Gasteiger partial charge in [-0.3, -0.25) is 9.36 Å². The molecule has 0 aliphatic carbocycles. The number of imidazole rings is 1. The maximum absolute atomic E-state index is 14.5. The first-order valence-corrected chi connectivity index (χ1v) is 10.9. The molecular formula is C23H21ClFN5O3. The summed E-state index contributed by atoms with van der Waals surface area (Å²) in [5.41, 5.74) is 1.96. The molecule has 1 aromatic heterocycles. The lowest BCUT2D eigenvalue weighted by atomic mass is 9.99. The van der Waals surface area contributed by atoms with Crippen LogP contribution in [0.4, 0.5) is 14.9 Å². The smallest absolute Gasteiger partial charge is 0.329 e. The van der Waals surface area contributed by atoms with E-state index in [1.807, 2.05) is 0 Å². The van der Waals surface area contributed by atoms with Crippen LogP contribution in [-0.2, 0) is 4.74 Å². The maximum atomic E-state index is 14.5. The van der Waals surface area contributed by atoms with Gasteiger partial charge in [0.2, 0.25) is 0 Å². The number of rotatable bonds is 1. The molecular weight excluding hydrogens is 449 g/mol. The Kier molecular flexibility index (Phi) is 5.74. The minimum atomic E-state index is -0.459. The second-order valence-electron chi connectivity index (χ2n) is 7.93. The van der Waals surface area contributed by atoms with Crippen molar-refractivity contribution in [1.29, 1.82) is 0 Å². The van der Waals surface area contributed by atoms with Gasteiger partial charge in [-0.15, -0.1) is 0 Å². The number of piperazine rings is 1. The van der Waals surface area contributed by atoms with Crippen LogP contribution in [0.25, 0.3) is 11.1 Å². The number of carbonyl (C=O) groups is 2. The number of ether oxygens (including phenoxy) is 1. The predicted molar refractivity (Wildman–Crippen MR) is 121 cm³/mol. The Morgan fingerprint density at radius 1 is 1.18 bits per heavy atom. The van der Waals surface area contributed by atoms with Gasteiger partial charge < -0.3 is 19.9 Å². The Hall–Kier alpha value is -3.43. The van der Waals surface area contributed by atoms with E-state index in [9.17, 15) is 14.0 Å². The van der Waals surface area contributed by atoms with E-state index >= 15 is 0 Å². The van der Waals surface area contributed by atoms with Gasteiger partial charge in [0.05, 0.1) is 18.2 Å². The molecule has 3 heterocycles. The number of aromatic nitrogens is 2. The van der Waals surface area contributed by atoms with E-state index in [0.717, 1.165) is 0 Å². The first-order valence-electron chi connectivity index (χ1n) is 10.5. The van der Waals surface area contributed by atoms with Crippen LogP contribution < -0.4 is 5.32 Å². The van der Waals surface area contributed by atoms with E-state index in [1.165, 1.54) is 17.0 Å². The molecule has 0 bridgehead atoms. The van der Waals surface area contributed by atoms with Crippen LogP contribution >= 0.6 is 11.6 Å². The molecule has 1 unspecified atom stereocenters. The Balaban J connectivity index is 1.44. The molecule has 0 saturated carbocycles. The first kappa shape index (κ1) is 21.4. The van der Waals surface area contributed by atoms with Gasteiger partial charge in [-0.1, -0.05) is 17.7 Å². The summed E-state index contributed by atoms with van der Waals surface area (Å²) < 4.78 is 21.7. The van der Waals surface area contributed by atoms with Crippen molar-refractivity contribution in [3.05, 3.63) is 71.5 Å². The number of fused-ring (bicyclic) bond motifs is 2. The highest BCUT2D eigenvalue weighted by atomic mass is 35.5. The molecule has 2 amide bonds. The SMILES string of the molecule is O=C1c2cc(-c3ccc(Cl)cc3F)ccc2NCOCC2CN(C(=O)n3ccnc3)CCN12. The number of amides is 2. The van der Waals surface area contributed by atoms with Gasteiger partial charge in [-0.25, -0.2) is 14.2 Å². The fraction of sp³-hybridized carbons (Fsp3) is 0.261. The molecule has 33 heavy (non-hydrogen) atoms. The summed E-state index contributed by atoms with van der Waals surface area (Å²) in [4.78, 5) is 33.7.